The summed E-state index contributed by atoms with van der Waals surface area (Å²) in [5, 5.41) is 4.80. The molecule has 2 aromatic heterocycles. The summed E-state index contributed by atoms with van der Waals surface area (Å²) in [6, 6.07) is 5.44. The molecule has 4 aromatic rings. The molecule has 2 aromatic carbocycles. The average molecular weight is 488 g/mol. The minimum Gasteiger partial charge on any atom is -0.335 e. The SMILES string of the molecule is Cc1ccc(F)c(Nc2nc3nc(C(F)(F)F)[nH]c3nc2Nc2cc(C(F)(F)F)ccc2F)c1. The highest BCUT2D eigenvalue weighted by atomic mass is 19.4. The lowest BCUT2D eigenvalue weighted by molar-refractivity contribution is -0.144. The second kappa shape index (κ2) is 8.11. The van der Waals surface area contributed by atoms with Crippen LogP contribution in [-0.4, -0.2) is 19.9 Å². The first-order chi connectivity index (χ1) is 15.8. The quantitative estimate of drug-likeness (QED) is 0.287. The van der Waals surface area contributed by atoms with E-state index in [1.807, 2.05) is 4.98 Å². The fourth-order valence-electron chi connectivity index (χ4n) is 2.93. The predicted molar refractivity (Wildman–Crippen MR) is 106 cm³/mol. The van der Waals surface area contributed by atoms with E-state index in [-0.39, 0.29) is 5.69 Å². The summed E-state index contributed by atoms with van der Waals surface area (Å²) in [7, 11) is 0. The van der Waals surface area contributed by atoms with Crippen molar-refractivity contribution < 1.29 is 35.1 Å². The van der Waals surface area contributed by atoms with E-state index in [1.165, 1.54) is 12.1 Å². The van der Waals surface area contributed by atoms with Gasteiger partial charge in [-0.15, -0.1) is 0 Å². The second-order valence-electron chi connectivity index (χ2n) is 7.10. The van der Waals surface area contributed by atoms with Crippen LogP contribution >= 0.6 is 0 Å². The zero-order valence-electron chi connectivity index (χ0n) is 16.8. The monoisotopic (exact) mass is 488 g/mol. The lowest BCUT2D eigenvalue weighted by Gasteiger charge is -2.15. The molecule has 14 heteroatoms. The standard InChI is InChI=1S/C20H12F8N6/c1-8-2-4-10(21)12(6-8)29-14-15(30-13-7-9(19(23,24)25)3-5-11(13)22)32-17-16(31-14)33-18(34-17)20(26,27)28/h2-7H,1H3,(H3,29,30,31,32,33,34). The molecular weight excluding hydrogens is 476 g/mol. The number of benzene rings is 2. The van der Waals surface area contributed by atoms with Gasteiger partial charge in [-0.25, -0.2) is 23.7 Å². The Balaban J connectivity index is 1.85. The first-order valence-corrected chi connectivity index (χ1v) is 9.33. The van der Waals surface area contributed by atoms with E-state index in [2.05, 4.69) is 25.6 Å². The number of anilines is 4. The van der Waals surface area contributed by atoms with E-state index >= 15 is 0 Å². The van der Waals surface area contributed by atoms with E-state index in [0.717, 1.165) is 6.07 Å². The van der Waals surface area contributed by atoms with E-state index in [9.17, 15) is 35.1 Å². The number of aromatic amines is 1. The molecule has 0 saturated heterocycles. The van der Waals surface area contributed by atoms with Gasteiger partial charge in [-0.3, -0.25) is 0 Å². The molecule has 0 fully saturated rings. The zero-order chi connectivity index (χ0) is 24.8. The molecule has 0 spiro atoms. The van der Waals surface area contributed by atoms with Gasteiger partial charge in [0.2, 0.25) is 5.82 Å². The summed E-state index contributed by atoms with van der Waals surface area (Å²) >= 11 is 0. The number of hydrogen-bond donors (Lipinski definition) is 3. The molecule has 0 saturated carbocycles. The maximum absolute atomic E-state index is 14.3. The minimum atomic E-state index is -4.88. The van der Waals surface area contributed by atoms with Crippen molar-refractivity contribution in [1.29, 1.82) is 0 Å². The molecule has 0 aliphatic heterocycles. The number of rotatable bonds is 4. The van der Waals surface area contributed by atoms with Gasteiger partial charge in [-0.05, 0) is 42.8 Å². The number of aryl methyl sites for hydroxylation is 1. The van der Waals surface area contributed by atoms with Gasteiger partial charge in [0.25, 0.3) is 0 Å². The van der Waals surface area contributed by atoms with Crippen molar-refractivity contribution in [1.82, 2.24) is 19.9 Å². The molecule has 4 rings (SSSR count). The molecule has 0 aliphatic carbocycles. The Morgan fingerprint density at radius 1 is 0.735 bits per heavy atom. The highest BCUT2D eigenvalue weighted by Gasteiger charge is 2.36. The number of alkyl halides is 6. The van der Waals surface area contributed by atoms with Crippen molar-refractivity contribution in [2.75, 3.05) is 10.6 Å². The molecular formula is C20H12F8N6. The number of halogens is 8. The lowest BCUT2D eigenvalue weighted by atomic mass is 10.2. The Labute approximate surface area is 185 Å². The molecule has 3 N–H and O–H groups in total. The van der Waals surface area contributed by atoms with Crippen molar-refractivity contribution in [2.45, 2.75) is 19.3 Å². The number of fused-ring (bicyclic) bond motifs is 1. The summed E-state index contributed by atoms with van der Waals surface area (Å²) in [5.74, 6) is -4.19. The van der Waals surface area contributed by atoms with Crippen molar-refractivity contribution in [2.24, 2.45) is 0 Å². The van der Waals surface area contributed by atoms with Crippen molar-refractivity contribution in [3.05, 3.63) is 65.0 Å². The van der Waals surface area contributed by atoms with Crippen LogP contribution in [0.3, 0.4) is 0 Å². The second-order valence-corrected chi connectivity index (χ2v) is 7.10. The zero-order valence-corrected chi connectivity index (χ0v) is 16.8. The Morgan fingerprint density at radius 3 is 1.94 bits per heavy atom. The third kappa shape index (κ3) is 4.70. The number of H-pyrrole nitrogens is 1. The minimum absolute atomic E-state index is 0.159. The summed E-state index contributed by atoms with van der Waals surface area (Å²) in [6.45, 7) is 1.64. The van der Waals surface area contributed by atoms with Crippen LogP contribution in [0.4, 0.5) is 58.1 Å². The third-order valence-corrected chi connectivity index (χ3v) is 4.52. The predicted octanol–water partition coefficient (Wildman–Crippen LogP) is 6.46. The van der Waals surface area contributed by atoms with E-state index < -0.39 is 64.0 Å². The van der Waals surface area contributed by atoms with Crippen LogP contribution < -0.4 is 10.6 Å². The number of aromatic nitrogens is 4. The maximum atomic E-state index is 14.3. The van der Waals surface area contributed by atoms with Gasteiger partial charge in [-0.1, -0.05) is 6.07 Å². The topological polar surface area (TPSA) is 78.5 Å². The van der Waals surface area contributed by atoms with Crippen LogP contribution in [0.2, 0.25) is 0 Å². The van der Waals surface area contributed by atoms with Gasteiger partial charge >= 0.3 is 12.4 Å². The van der Waals surface area contributed by atoms with Crippen molar-refractivity contribution >= 4 is 34.3 Å². The molecule has 0 radical (unpaired) electrons. The first kappa shape index (κ1) is 23.2. The van der Waals surface area contributed by atoms with Crippen molar-refractivity contribution in [3.8, 4) is 0 Å². The Kier molecular flexibility index (Phi) is 5.53. The van der Waals surface area contributed by atoms with Crippen LogP contribution in [0, 0.1) is 18.6 Å². The first-order valence-electron chi connectivity index (χ1n) is 9.33. The van der Waals surface area contributed by atoms with Gasteiger partial charge in [0.1, 0.15) is 11.6 Å². The average Bonchev–Trinajstić information content (AvgIpc) is 3.15. The highest BCUT2D eigenvalue weighted by molar-refractivity contribution is 5.80. The van der Waals surface area contributed by atoms with Gasteiger partial charge in [0.15, 0.2) is 22.9 Å². The van der Waals surface area contributed by atoms with Gasteiger partial charge in [0, 0.05) is 0 Å². The van der Waals surface area contributed by atoms with Crippen LogP contribution in [-0.2, 0) is 12.4 Å². The van der Waals surface area contributed by atoms with E-state index in [0.29, 0.717) is 23.8 Å². The molecule has 178 valence electrons. The third-order valence-electron chi connectivity index (χ3n) is 4.52. The van der Waals surface area contributed by atoms with E-state index in [1.54, 1.807) is 6.92 Å². The number of hydrogen-bond acceptors (Lipinski definition) is 5. The molecule has 2 heterocycles. The molecule has 0 unspecified atom stereocenters. The summed E-state index contributed by atoms with van der Waals surface area (Å²) < 4.78 is 107. The van der Waals surface area contributed by atoms with Gasteiger partial charge in [0.05, 0.1) is 16.9 Å². The van der Waals surface area contributed by atoms with E-state index in [4.69, 9.17) is 0 Å². The molecule has 6 nitrogen and oxygen atoms in total. The normalized spacial score (nSPS) is 12.3. The Hall–Kier alpha value is -3.97. The lowest BCUT2D eigenvalue weighted by Crippen LogP contribution is -2.08. The Bertz CT molecular complexity index is 1380. The summed E-state index contributed by atoms with van der Waals surface area (Å²) in [4.78, 5) is 12.9. The van der Waals surface area contributed by atoms with Gasteiger partial charge in [-0.2, -0.15) is 26.3 Å². The highest BCUT2D eigenvalue weighted by Crippen LogP contribution is 2.35. The maximum Gasteiger partial charge on any atom is 0.449 e. The molecule has 0 atom stereocenters. The van der Waals surface area contributed by atoms with Gasteiger partial charge < -0.3 is 15.6 Å². The number of nitrogens with zero attached hydrogens (tertiary/aromatic N) is 3. The summed E-state index contributed by atoms with van der Waals surface area (Å²) in [5.41, 5.74) is -2.43. The fraction of sp³-hybridized carbons (Fsp3) is 0.150. The smallest absolute Gasteiger partial charge is 0.335 e. The number of imidazole rings is 1. The molecule has 0 amide bonds. The fourth-order valence-corrected chi connectivity index (χ4v) is 2.93. The number of nitrogens with one attached hydrogen (secondary N) is 3. The van der Waals surface area contributed by atoms with Crippen molar-refractivity contribution in [3.63, 3.8) is 0 Å². The largest absolute Gasteiger partial charge is 0.449 e. The summed E-state index contributed by atoms with van der Waals surface area (Å²) in [6.07, 6.45) is -9.67. The van der Waals surface area contributed by atoms with Crippen LogP contribution in [0.5, 0.6) is 0 Å². The van der Waals surface area contributed by atoms with Crippen LogP contribution in [0.25, 0.3) is 11.3 Å². The molecule has 0 bridgehead atoms. The Morgan fingerprint density at radius 2 is 1.32 bits per heavy atom. The molecule has 0 aliphatic rings. The van der Waals surface area contributed by atoms with Crippen LogP contribution in [0.15, 0.2) is 36.4 Å². The van der Waals surface area contributed by atoms with Crippen LogP contribution in [0.1, 0.15) is 17.0 Å². The molecule has 34 heavy (non-hydrogen) atoms.